The minimum atomic E-state index is -0.399. The Labute approximate surface area is 89.3 Å². The molecule has 0 aromatic heterocycles. The zero-order valence-electron chi connectivity index (χ0n) is 8.87. The van der Waals surface area contributed by atoms with Gasteiger partial charge in [0.25, 0.3) is 0 Å². The maximum Gasteiger partial charge on any atom is 0.338 e. The molecule has 0 N–H and O–H groups in total. The molecular formula is C12H13O3. The number of hydrogen-bond donors (Lipinski definition) is 0. The standard InChI is InChI=1S/C12H13O3/c1-4-9-8-10(15-5-2)6-7-11(9)12(13)14-3/h6-8H,1,5H2,2-3H3. The van der Waals surface area contributed by atoms with Gasteiger partial charge in [-0.25, -0.2) is 4.79 Å². The summed E-state index contributed by atoms with van der Waals surface area (Å²) in [6.45, 7) is 5.99. The van der Waals surface area contributed by atoms with Gasteiger partial charge in [-0.2, -0.15) is 0 Å². The van der Waals surface area contributed by atoms with Crippen LogP contribution in [0.5, 0.6) is 5.75 Å². The van der Waals surface area contributed by atoms with Gasteiger partial charge in [-0.3, -0.25) is 0 Å². The van der Waals surface area contributed by atoms with Crippen molar-refractivity contribution >= 4 is 5.97 Å². The molecule has 1 radical (unpaired) electrons. The van der Waals surface area contributed by atoms with Crippen molar-refractivity contribution in [1.29, 1.82) is 0 Å². The monoisotopic (exact) mass is 205 g/mol. The summed E-state index contributed by atoms with van der Waals surface area (Å²) < 4.78 is 9.93. The van der Waals surface area contributed by atoms with Crippen molar-refractivity contribution in [3.8, 4) is 5.75 Å². The predicted molar refractivity (Wildman–Crippen MR) is 56.9 cm³/mol. The number of methoxy groups -OCH3 is 1. The summed E-state index contributed by atoms with van der Waals surface area (Å²) in [6.07, 6.45) is 2.68. The van der Waals surface area contributed by atoms with Gasteiger partial charge in [-0.05, 0) is 36.8 Å². The Balaban J connectivity index is 3.08. The molecule has 1 aromatic carbocycles. The molecule has 0 spiro atoms. The molecule has 0 heterocycles. The van der Waals surface area contributed by atoms with Crippen LogP contribution in [0.3, 0.4) is 0 Å². The highest BCUT2D eigenvalue weighted by Gasteiger charge is 2.10. The highest BCUT2D eigenvalue weighted by molar-refractivity contribution is 5.91. The van der Waals surface area contributed by atoms with Gasteiger partial charge in [0.2, 0.25) is 0 Å². The van der Waals surface area contributed by atoms with Crippen molar-refractivity contribution in [2.75, 3.05) is 13.7 Å². The molecule has 0 aliphatic heterocycles. The van der Waals surface area contributed by atoms with E-state index in [9.17, 15) is 4.79 Å². The van der Waals surface area contributed by atoms with E-state index >= 15 is 0 Å². The van der Waals surface area contributed by atoms with Crippen molar-refractivity contribution in [3.63, 3.8) is 0 Å². The first kappa shape index (κ1) is 11.3. The molecule has 3 heteroatoms. The molecule has 0 saturated carbocycles. The number of rotatable bonds is 4. The van der Waals surface area contributed by atoms with E-state index in [0.717, 1.165) is 0 Å². The number of benzene rings is 1. The van der Waals surface area contributed by atoms with E-state index in [0.29, 0.717) is 23.5 Å². The van der Waals surface area contributed by atoms with Gasteiger partial charge in [0.15, 0.2) is 0 Å². The summed E-state index contributed by atoms with van der Waals surface area (Å²) in [7, 11) is 1.34. The van der Waals surface area contributed by atoms with Gasteiger partial charge in [0.05, 0.1) is 19.3 Å². The van der Waals surface area contributed by atoms with Gasteiger partial charge < -0.3 is 9.47 Å². The number of carbonyl (C=O) groups is 1. The second-order valence-corrected chi connectivity index (χ2v) is 2.81. The smallest absolute Gasteiger partial charge is 0.338 e. The molecule has 3 nitrogen and oxygen atoms in total. The van der Waals surface area contributed by atoms with E-state index in [-0.39, 0.29) is 0 Å². The Morgan fingerprint density at radius 3 is 2.80 bits per heavy atom. The normalized spacial score (nSPS) is 9.47. The molecule has 1 aromatic rings. The third-order valence-electron chi connectivity index (χ3n) is 1.90. The van der Waals surface area contributed by atoms with E-state index in [4.69, 9.17) is 4.74 Å². The zero-order chi connectivity index (χ0) is 11.3. The fraction of sp³-hybridized carbons (Fsp3) is 0.250. The average molecular weight is 205 g/mol. The fourth-order valence-corrected chi connectivity index (χ4v) is 1.21. The molecule has 0 aliphatic carbocycles. The summed E-state index contributed by atoms with van der Waals surface area (Å²) >= 11 is 0. The van der Waals surface area contributed by atoms with E-state index < -0.39 is 5.97 Å². The topological polar surface area (TPSA) is 35.5 Å². The summed E-state index contributed by atoms with van der Waals surface area (Å²) in [5, 5.41) is 0. The molecule has 15 heavy (non-hydrogen) atoms. The van der Waals surface area contributed by atoms with Crippen molar-refractivity contribution in [1.82, 2.24) is 0 Å². The molecule has 0 unspecified atom stereocenters. The second kappa shape index (κ2) is 5.20. The molecule has 0 bridgehead atoms. The molecule has 0 aliphatic rings. The summed E-state index contributed by atoms with van der Waals surface area (Å²) in [4.78, 5) is 11.3. The molecular weight excluding hydrogens is 192 g/mol. The summed E-state index contributed by atoms with van der Waals surface area (Å²) in [5.74, 6) is 0.292. The molecule has 0 atom stereocenters. The first-order valence-corrected chi connectivity index (χ1v) is 4.61. The molecule has 79 valence electrons. The van der Waals surface area contributed by atoms with E-state index in [1.54, 1.807) is 18.2 Å². The lowest BCUT2D eigenvalue weighted by atomic mass is 10.1. The van der Waals surface area contributed by atoms with Gasteiger partial charge in [-0.1, -0.05) is 6.58 Å². The Kier molecular flexibility index (Phi) is 3.92. The SMILES string of the molecule is C=[C]c1cc(OCC)ccc1C(=O)OC. The quantitative estimate of drug-likeness (QED) is 0.707. The first-order valence-electron chi connectivity index (χ1n) is 4.61. The minimum absolute atomic E-state index is 0.399. The van der Waals surface area contributed by atoms with Crippen LogP contribution < -0.4 is 4.74 Å². The molecule has 0 saturated heterocycles. The van der Waals surface area contributed by atoms with Crippen LogP contribution in [0.4, 0.5) is 0 Å². The second-order valence-electron chi connectivity index (χ2n) is 2.81. The van der Waals surface area contributed by atoms with Gasteiger partial charge in [-0.15, -0.1) is 0 Å². The number of hydrogen-bond acceptors (Lipinski definition) is 3. The van der Waals surface area contributed by atoms with Crippen LogP contribution in [0.25, 0.3) is 0 Å². The highest BCUT2D eigenvalue weighted by atomic mass is 16.5. The van der Waals surface area contributed by atoms with Crippen LogP contribution in [0, 0.1) is 6.08 Å². The average Bonchev–Trinajstić information content (AvgIpc) is 2.28. The molecule has 0 amide bonds. The number of ether oxygens (including phenoxy) is 2. The largest absolute Gasteiger partial charge is 0.494 e. The molecule has 0 fully saturated rings. The van der Waals surface area contributed by atoms with Gasteiger partial charge in [0, 0.05) is 0 Å². The Hall–Kier alpha value is -1.77. The van der Waals surface area contributed by atoms with Crippen LogP contribution in [0.1, 0.15) is 22.8 Å². The Bertz CT molecular complexity index is 369. The zero-order valence-corrected chi connectivity index (χ0v) is 8.87. The van der Waals surface area contributed by atoms with Crippen LogP contribution in [0.2, 0.25) is 0 Å². The molecule has 1 rings (SSSR count). The van der Waals surface area contributed by atoms with Gasteiger partial charge in [0.1, 0.15) is 5.75 Å². The third kappa shape index (κ3) is 2.59. The van der Waals surface area contributed by atoms with Crippen LogP contribution in [-0.4, -0.2) is 19.7 Å². The van der Waals surface area contributed by atoms with Crippen molar-refractivity contribution in [2.24, 2.45) is 0 Å². The van der Waals surface area contributed by atoms with E-state index in [1.165, 1.54) is 7.11 Å². The predicted octanol–water partition coefficient (Wildman–Crippen LogP) is 2.21. The van der Waals surface area contributed by atoms with Crippen molar-refractivity contribution in [3.05, 3.63) is 42.0 Å². The first-order chi connectivity index (χ1) is 7.22. The van der Waals surface area contributed by atoms with Crippen LogP contribution >= 0.6 is 0 Å². The number of esters is 1. The maximum atomic E-state index is 11.3. The lowest BCUT2D eigenvalue weighted by molar-refractivity contribution is 0.0600. The van der Waals surface area contributed by atoms with Crippen LogP contribution in [0.15, 0.2) is 24.8 Å². The summed E-state index contributed by atoms with van der Waals surface area (Å²) in [5.41, 5.74) is 1.03. The van der Waals surface area contributed by atoms with E-state index in [1.807, 2.05) is 6.92 Å². The lowest BCUT2D eigenvalue weighted by Gasteiger charge is -2.07. The Morgan fingerprint density at radius 2 is 2.27 bits per heavy atom. The number of carbonyl (C=O) groups excluding carboxylic acids is 1. The fourth-order valence-electron chi connectivity index (χ4n) is 1.21. The van der Waals surface area contributed by atoms with Crippen molar-refractivity contribution in [2.45, 2.75) is 6.92 Å². The van der Waals surface area contributed by atoms with Crippen molar-refractivity contribution < 1.29 is 14.3 Å². The lowest BCUT2D eigenvalue weighted by Crippen LogP contribution is -2.04. The third-order valence-corrected chi connectivity index (χ3v) is 1.90. The minimum Gasteiger partial charge on any atom is -0.494 e. The summed E-state index contributed by atoms with van der Waals surface area (Å²) in [6, 6.07) is 5.07. The van der Waals surface area contributed by atoms with E-state index in [2.05, 4.69) is 17.4 Å². The Morgan fingerprint density at radius 1 is 1.53 bits per heavy atom. The van der Waals surface area contributed by atoms with Gasteiger partial charge >= 0.3 is 5.97 Å². The van der Waals surface area contributed by atoms with Crippen LogP contribution in [-0.2, 0) is 4.74 Å². The maximum absolute atomic E-state index is 11.3. The highest BCUT2D eigenvalue weighted by Crippen LogP contribution is 2.18.